The molecule has 4 aromatic heterocycles. The van der Waals surface area contributed by atoms with E-state index in [1.54, 1.807) is 28.4 Å². The number of hydrogen-bond donors (Lipinski definition) is 8. The third-order valence-corrected chi connectivity index (χ3v) is 24.7. The SMILES string of the molecule is COCCOCCOCCOc1cccc(C2c3ccc([nH]3)C(Br)C3C=CC(N3)C(c3cccc(OCCOCCOCCOC)c3)c3ccc([nH]3)C(C#CC#CC3c4ccc([nH]4)C(c4cccc(OCCOCCOCCOC)c4)C4C=CC(N4)C(Br)c4ccc([nH]4)C(c4cccc(OCCOCCOCCOC)c4)C4C=CC3N4)C3C=CC2N3)c1. The maximum atomic E-state index is 6.42. The van der Waals surface area contributed by atoms with E-state index in [1.165, 1.54) is 0 Å². The molecule has 16 bridgehead atoms. The van der Waals surface area contributed by atoms with Crippen molar-refractivity contribution >= 4 is 31.9 Å². The Morgan fingerprint density at radius 2 is 0.467 bits per heavy atom. The van der Waals surface area contributed by atoms with Crippen molar-refractivity contribution in [3.05, 3.63) is 262 Å². The summed E-state index contributed by atoms with van der Waals surface area (Å²) in [6.45, 7) is 11.1. The van der Waals surface area contributed by atoms with E-state index in [0.29, 0.717) is 159 Å². The Morgan fingerprint density at radius 1 is 0.246 bits per heavy atom. The quantitative estimate of drug-likeness (QED) is 0.00764. The Bertz CT molecular complexity index is 4480. The molecule has 0 fully saturated rings. The third kappa shape index (κ3) is 24.8. The topological polar surface area (TPSA) is 259 Å². The van der Waals surface area contributed by atoms with Crippen LogP contribution in [0.5, 0.6) is 23.0 Å². The third-order valence-electron chi connectivity index (χ3n) is 22.5. The molecule has 6 aliphatic rings. The second-order valence-electron chi connectivity index (χ2n) is 30.7. The van der Waals surface area contributed by atoms with Gasteiger partial charge in [-0.2, -0.15) is 0 Å². The highest BCUT2D eigenvalue weighted by Crippen LogP contribution is 2.44. The molecular formula is C96H116Br2N8O16. The summed E-state index contributed by atoms with van der Waals surface area (Å²) in [7, 11) is 6.65. The van der Waals surface area contributed by atoms with E-state index in [4.69, 9.17) is 75.8 Å². The summed E-state index contributed by atoms with van der Waals surface area (Å²) in [4.78, 5) is 15.7. The van der Waals surface area contributed by atoms with Gasteiger partial charge in [-0.05, 0) is 131 Å². The molecule has 0 aliphatic carbocycles. The predicted molar refractivity (Wildman–Crippen MR) is 476 cm³/mol. The van der Waals surface area contributed by atoms with Gasteiger partial charge in [0.15, 0.2) is 0 Å². The second-order valence-corrected chi connectivity index (χ2v) is 32.6. The first-order valence-electron chi connectivity index (χ1n) is 42.5. The summed E-state index contributed by atoms with van der Waals surface area (Å²) in [5.74, 6) is 16.2. The maximum Gasteiger partial charge on any atom is 0.119 e. The lowest BCUT2D eigenvalue weighted by atomic mass is 9.88. The van der Waals surface area contributed by atoms with Crippen molar-refractivity contribution in [3.63, 3.8) is 0 Å². The molecule has 0 spiro atoms. The number of aromatic nitrogens is 4. The predicted octanol–water partition coefficient (Wildman–Crippen LogP) is 12.5. The average Bonchev–Trinajstić information content (AvgIpc) is 1.63. The van der Waals surface area contributed by atoms with Crippen LogP contribution in [0.4, 0.5) is 0 Å². The molecule has 0 saturated carbocycles. The lowest BCUT2D eigenvalue weighted by molar-refractivity contribution is 0.0179. The highest BCUT2D eigenvalue weighted by molar-refractivity contribution is 9.09. The molecule has 16 atom stereocenters. The van der Waals surface area contributed by atoms with Gasteiger partial charge in [0.25, 0.3) is 0 Å². The largest absolute Gasteiger partial charge is 0.491 e. The van der Waals surface area contributed by atoms with E-state index >= 15 is 0 Å². The molecule has 0 radical (unpaired) electrons. The fourth-order valence-electron chi connectivity index (χ4n) is 16.6. The maximum absolute atomic E-state index is 6.42. The van der Waals surface area contributed by atoms with Gasteiger partial charge in [-0.15, -0.1) is 0 Å². The number of halogens is 2. The molecule has 650 valence electrons. The minimum atomic E-state index is -0.416. The summed E-state index contributed by atoms with van der Waals surface area (Å²) in [6, 6.07) is 50.0. The van der Waals surface area contributed by atoms with Gasteiger partial charge in [-0.3, -0.25) is 0 Å². The first-order chi connectivity index (χ1) is 60.2. The lowest BCUT2D eigenvalue weighted by Gasteiger charge is -2.28. The van der Waals surface area contributed by atoms with Crippen LogP contribution in [0, 0.1) is 23.7 Å². The monoisotopic (exact) mass is 1790 g/mol. The summed E-state index contributed by atoms with van der Waals surface area (Å²) in [5, 5.41) is 16.4. The zero-order valence-corrected chi connectivity index (χ0v) is 73.1. The summed E-state index contributed by atoms with van der Waals surface area (Å²) in [5.41, 5.74) is 12.4. The highest BCUT2D eigenvalue weighted by Gasteiger charge is 2.41. The molecule has 4 aromatic carbocycles. The first kappa shape index (κ1) is 89.9. The molecule has 0 saturated heterocycles. The number of hydrogen-bond acceptors (Lipinski definition) is 20. The fourth-order valence-corrected chi connectivity index (χ4v) is 17.8. The molecule has 26 heteroatoms. The second kappa shape index (κ2) is 47.6. The molecule has 24 nitrogen and oxygen atoms in total. The van der Waals surface area contributed by atoms with Crippen LogP contribution in [0.15, 0.2) is 194 Å². The van der Waals surface area contributed by atoms with E-state index in [0.717, 1.165) is 90.8 Å². The van der Waals surface area contributed by atoms with E-state index in [-0.39, 0.29) is 81.7 Å². The molecule has 8 aromatic rings. The van der Waals surface area contributed by atoms with Crippen LogP contribution in [0.25, 0.3) is 0 Å². The number of alkyl halides is 2. The van der Waals surface area contributed by atoms with Gasteiger partial charge < -0.3 is 117 Å². The van der Waals surface area contributed by atoms with Crippen molar-refractivity contribution in [3.8, 4) is 46.7 Å². The Kier molecular flexibility index (Phi) is 35.1. The number of benzene rings is 4. The standard InChI is InChI=1S/C96H116Br2N8O16/c1-107-37-41-111-45-49-115-53-57-119-69-15-7-11-65(61-69)91-79-25-21-75(99-79)73(76-22-26-80(100-76)92(84-30-34-88(104-84)95(97)87-33-29-83(91)103-87)66-12-8-16-70(62-66)120-58-54-116-50-46-112-42-38-108-2)19-5-6-20-74-77-23-27-81(101-77)93(67-13-9-17-71(63-67)121-59-55-117-51-47-113-43-39-109-3)85-31-35-89(105-85)96(98)90-36-32-86(106-90)94(82-28-24-78(74)102-82)68-14-10-18-72(64-68)122-60-56-118-52-48-114-44-40-110-4/h7-18,21-36,61-64,73-75,77,79,81,84,86,88,90-96,99-106H,37-60H2,1-4H3. The molecule has 6 aliphatic heterocycles. The van der Waals surface area contributed by atoms with Crippen molar-refractivity contribution < 1.29 is 75.8 Å². The van der Waals surface area contributed by atoms with E-state index in [2.05, 4.69) is 267 Å². The number of nitrogens with one attached hydrogen (secondary N) is 8. The van der Waals surface area contributed by atoms with Crippen LogP contribution in [0.1, 0.15) is 113 Å². The van der Waals surface area contributed by atoms with Crippen molar-refractivity contribution in [2.75, 3.05) is 187 Å². The van der Waals surface area contributed by atoms with Crippen molar-refractivity contribution in [1.29, 1.82) is 0 Å². The zero-order valence-electron chi connectivity index (χ0n) is 70.0. The number of H-pyrrole nitrogens is 4. The van der Waals surface area contributed by atoms with Crippen LogP contribution < -0.4 is 40.2 Å². The van der Waals surface area contributed by atoms with Gasteiger partial charge in [-0.1, -0.05) is 141 Å². The Morgan fingerprint density at radius 3 is 0.746 bits per heavy atom. The van der Waals surface area contributed by atoms with Crippen LogP contribution in [0.2, 0.25) is 0 Å². The van der Waals surface area contributed by atoms with Gasteiger partial charge >= 0.3 is 0 Å². The molecule has 0 amide bonds. The summed E-state index contributed by atoms with van der Waals surface area (Å²) < 4.78 is 92.2. The first-order valence-corrected chi connectivity index (χ1v) is 44.3. The van der Waals surface area contributed by atoms with Crippen LogP contribution in [-0.4, -0.2) is 255 Å². The van der Waals surface area contributed by atoms with Crippen LogP contribution in [-0.2, 0) is 56.8 Å². The van der Waals surface area contributed by atoms with Gasteiger partial charge in [-0.25, -0.2) is 0 Å². The number of aromatic amines is 4. The molecule has 10 heterocycles. The molecular weight excluding hydrogens is 1680 g/mol. The highest BCUT2D eigenvalue weighted by atomic mass is 79.9. The summed E-state index contributed by atoms with van der Waals surface area (Å²) >= 11 is 8.40. The molecule has 8 N–H and O–H groups in total. The fraction of sp³-hybridized carbons (Fsp3) is 0.458. The van der Waals surface area contributed by atoms with E-state index < -0.39 is 11.8 Å². The van der Waals surface area contributed by atoms with Crippen molar-refractivity contribution in [1.82, 2.24) is 41.2 Å². The Balaban J connectivity index is 0.801. The number of rotatable bonds is 44. The number of ether oxygens (including phenoxy) is 16. The molecule has 122 heavy (non-hydrogen) atoms. The van der Waals surface area contributed by atoms with Crippen molar-refractivity contribution in [2.45, 2.75) is 93.5 Å². The minimum Gasteiger partial charge on any atom is -0.491 e. The van der Waals surface area contributed by atoms with Crippen LogP contribution in [0.3, 0.4) is 0 Å². The normalized spacial score (nSPS) is 24.3. The van der Waals surface area contributed by atoms with Gasteiger partial charge in [0.1, 0.15) is 49.4 Å². The van der Waals surface area contributed by atoms with Gasteiger partial charge in [0.05, 0.1) is 154 Å². The molecule has 16 unspecified atom stereocenters. The van der Waals surface area contributed by atoms with E-state index in [1.807, 2.05) is 24.3 Å². The lowest BCUT2D eigenvalue weighted by Crippen LogP contribution is -2.39. The van der Waals surface area contributed by atoms with E-state index in [9.17, 15) is 0 Å². The zero-order chi connectivity index (χ0) is 83.9. The summed E-state index contributed by atoms with van der Waals surface area (Å²) in [6.07, 6.45) is 18.3. The Labute approximate surface area is 733 Å². The number of methoxy groups -OCH3 is 4. The smallest absolute Gasteiger partial charge is 0.119 e. The van der Waals surface area contributed by atoms with Gasteiger partial charge in [0.2, 0.25) is 0 Å². The Hall–Kier alpha value is -8.40. The van der Waals surface area contributed by atoms with Crippen molar-refractivity contribution in [2.24, 2.45) is 0 Å². The average molecular weight is 1800 g/mol. The molecule has 14 rings (SSSR count). The minimum absolute atomic E-state index is 0.0697. The van der Waals surface area contributed by atoms with Crippen LogP contribution >= 0.6 is 31.9 Å². The number of fused-ring (bicyclic) bond motifs is 16. The van der Waals surface area contributed by atoms with Gasteiger partial charge in [0, 0.05) is 146 Å².